The summed E-state index contributed by atoms with van der Waals surface area (Å²) in [5.74, 6) is 1.21. The second-order valence-corrected chi connectivity index (χ2v) is 7.58. The minimum atomic E-state index is 0.248. The zero-order chi connectivity index (χ0) is 18.1. The molecule has 26 heavy (non-hydrogen) atoms. The number of rotatable bonds is 1. The second-order valence-electron chi connectivity index (χ2n) is 7.58. The van der Waals surface area contributed by atoms with Crippen LogP contribution in [0, 0.1) is 13.8 Å². The smallest absolute Gasteiger partial charge is 0.107 e. The Morgan fingerprint density at radius 2 is 1.65 bits per heavy atom. The zero-order valence-electron chi connectivity index (χ0n) is 16.0. The Kier molecular flexibility index (Phi) is 4.68. The summed E-state index contributed by atoms with van der Waals surface area (Å²) in [6.07, 6.45) is 0.917. The molecular weight excluding hydrogens is 320 g/mol. The molecule has 136 valence electrons. The van der Waals surface area contributed by atoms with E-state index in [4.69, 9.17) is 4.99 Å². The lowest BCUT2D eigenvalue weighted by molar-refractivity contribution is 0.213. The van der Waals surface area contributed by atoms with Crippen LogP contribution in [0.25, 0.3) is 0 Å². The predicted octanol–water partition coefficient (Wildman–Crippen LogP) is 4.14. The molecular formula is C22H28N4. The van der Waals surface area contributed by atoms with Gasteiger partial charge in [0.1, 0.15) is 5.84 Å². The Morgan fingerprint density at radius 1 is 0.962 bits per heavy atom. The molecule has 4 rings (SSSR count). The van der Waals surface area contributed by atoms with Crippen LogP contribution in [0.2, 0.25) is 0 Å². The first-order valence-electron chi connectivity index (χ1n) is 9.54. The maximum atomic E-state index is 5.13. The van der Waals surface area contributed by atoms with Gasteiger partial charge in [-0.2, -0.15) is 0 Å². The number of piperazine rings is 1. The van der Waals surface area contributed by atoms with Crippen LogP contribution in [0.1, 0.15) is 29.2 Å². The molecule has 0 radical (unpaired) electrons. The minimum absolute atomic E-state index is 0.248. The summed E-state index contributed by atoms with van der Waals surface area (Å²) in [4.78, 5) is 9.99. The summed E-state index contributed by atoms with van der Waals surface area (Å²) in [5, 5.41) is 3.77. The Balaban J connectivity index is 1.73. The van der Waals surface area contributed by atoms with Crippen molar-refractivity contribution in [1.29, 1.82) is 0 Å². The molecule has 2 aromatic rings. The van der Waals surface area contributed by atoms with Crippen molar-refractivity contribution in [3.05, 3.63) is 59.2 Å². The van der Waals surface area contributed by atoms with Crippen LogP contribution in [0.15, 0.2) is 47.5 Å². The molecule has 0 aliphatic carbocycles. The van der Waals surface area contributed by atoms with Gasteiger partial charge >= 0.3 is 0 Å². The molecule has 4 nitrogen and oxygen atoms in total. The van der Waals surface area contributed by atoms with Gasteiger partial charge in [0, 0.05) is 32.6 Å². The number of likely N-dealkylation sites (N-methyl/N-ethyl adjacent to an activating group) is 1. The summed E-state index contributed by atoms with van der Waals surface area (Å²) in [6, 6.07) is 15.5. The van der Waals surface area contributed by atoms with Gasteiger partial charge in [0.05, 0.1) is 17.4 Å². The van der Waals surface area contributed by atoms with E-state index in [-0.39, 0.29) is 6.04 Å². The average molecular weight is 348 g/mol. The summed E-state index contributed by atoms with van der Waals surface area (Å²) >= 11 is 0. The zero-order valence-corrected chi connectivity index (χ0v) is 16.0. The highest BCUT2D eigenvalue weighted by Gasteiger charge is 2.25. The second kappa shape index (κ2) is 7.12. The molecule has 1 N–H and O–H groups in total. The molecule has 2 aliphatic heterocycles. The molecule has 1 fully saturated rings. The Hall–Kier alpha value is -2.33. The van der Waals surface area contributed by atoms with Crippen molar-refractivity contribution in [3.63, 3.8) is 0 Å². The maximum Gasteiger partial charge on any atom is 0.107 e. The molecule has 0 spiro atoms. The first kappa shape index (κ1) is 17.1. The number of hydrogen-bond acceptors (Lipinski definition) is 4. The number of aliphatic imine (C=N–C) groups is 1. The van der Waals surface area contributed by atoms with Crippen LogP contribution in [0.5, 0.6) is 0 Å². The molecule has 4 heteroatoms. The summed E-state index contributed by atoms with van der Waals surface area (Å²) < 4.78 is 0. The van der Waals surface area contributed by atoms with E-state index in [9.17, 15) is 0 Å². The Labute approximate surface area is 156 Å². The molecule has 0 saturated carbocycles. The van der Waals surface area contributed by atoms with Crippen molar-refractivity contribution in [1.82, 2.24) is 9.80 Å². The number of hydrogen-bond donors (Lipinski definition) is 1. The first-order chi connectivity index (χ1) is 12.6. The van der Waals surface area contributed by atoms with E-state index < -0.39 is 0 Å². The van der Waals surface area contributed by atoms with E-state index in [1.165, 1.54) is 22.5 Å². The molecule has 1 unspecified atom stereocenters. The van der Waals surface area contributed by atoms with Crippen molar-refractivity contribution in [3.8, 4) is 0 Å². The number of anilines is 1. The number of nitrogens with one attached hydrogen (secondary N) is 1. The fourth-order valence-corrected chi connectivity index (χ4v) is 3.77. The molecule has 2 aromatic carbocycles. The normalized spacial score (nSPS) is 20.8. The van der Waals surface area contributed by atoms with Gasteiger partial charge in [-0.25, -0.2) is 4.99 Å². The molecule has 1 saturated heterocycles. The molecule has 2 aliphatic rings. The van der Waals surface area contributed by atoms with Gasteiger partial charge in [-0.15, -0.1) is 0 Å². The highest BCUT2D eigenvalue weighted by atomic mass is 15.3. The van der Waals surface area contributed by atoms with E-state index >= 15 is 0 Å². The van der Waals surface area contributed by atoms with Gasteiger partial charge in [-0.1, -0.05) is 30.3 Å². The van der Waals surface area contributed by atoms with Gasteiger partial charge in [0.25, 0.3) is 0 Å². The van der Waals surface area contributed by atoms with E-state index in [1.807, 2.05) is 0 Å². The Morgan fingerprint density at radius 3 is 2.38 bits per heavy atom. The lowest BCUT2D eigenvalue weighted by Gasteiger charge is -2.35. The van der Waals surface area contributed by atoms with Crippen molar-refractivity contribution < 1.29 is 0 Å². The van der Waals surface area contributed by atoms with E-state index in [0.717, 1.165) is 44.0 Å². The molecule has 0 aromatic heterocycles. The highest BCUT2D eigenvalue weighted by molar-refractivity contribution is 5.90. The average Bonchev–Trinajstić information content (AvgIpc) is 2.83. The highest BCUT2D eigenvalue weighted by Crippen LogP contribution is 2.36. The summed E-state index contributed by atoms with van der Waals surface area (Å²) in [5.41, 5.74) is 6.14. The lowest BCUT2D eigenvalue weighted by Crippen LogP contribution is -2.47. The largest absolute Gasteiger partial charge is 0.376 e. The van der Waals surface area contributed by atoms with E-state index in [1.54, 1.807) is 0 Å². The molecule has 0 bridgehead atoms. The van der Waals surface area contributed by atoms with Gasteiger partial charge in [0.2, 0.25) is 0 Å². The fourth-order valence-electron chi connectivity index (χ4n) is 3.77. The third-order valence-electron chi connectivity index (χ3n) is 5.65. The number of fused-ring (bicyclic) bond motifs is 1. The van der Waals surface area contributed by atoms with Crippen molar-refractivity contribution in [2.24, 2.45) is 4.99 Å². The van der Waals surface area contributed by atoms with Gasteiger partial charge in [-0.05, 0) is 49.7 Å². The number of aryl methyl sites for hydroxylation is 2. The van der Waals surface area contributed by atoms with Crippen molar-refractivity contribution in [2.45, 2.75) is 26.3 Å². The van der Waals surface area contributed by atoms with Crippen LogP contribution in [-0.4, -0.2) is 48.9 Å². The third-order valence-corrected chi connectivity index (χ3v) is 5.65. The molecule has 0 amide bonds. The molecule has 1 atom stereocenters. The minimum Gasteiger partial charge on any atom is -0.376 e. The van der Waals surface area contributed by atoms with Crippen LogP contribution < -0.4 is 5.32 Å². The van der Waals surface area contributed by atoms with Gasteiger partial charge < -0.3 is 15.1 Å². The maximum absolute atomic E-state index is 5.13. The van der Waals surface area contributed by atoms with Gasteiger partial charge in [-0.3, -0.25) is 0 Å². The predicted molar refractivity (Wildman–Crippen MR) is 110 cm³/mol. The topological polar surface area (TPSA) is 30.9 Å². The van der Waals surface area contributed by atoms with E-state index in [0.29, 0.717) is 0 Å². The van der Waals surface area contributed by atoms with Crippen LogP contribution >= 0.6 is 0 Å². The quantitative estimate of drug-likeness (QED) is 0.840. The fraction of sp³-hybridized carbons (Fsp3) is 0.409. The number of benzene rings is 2. The number of nitrogens with zero attached hydrogens (tertiary/aromatic N) is 3. The van der Waals surface area contributed by atoms with Crippen molar-refractivity contribution >= 4 is 17.2 Å². The SMILES string of the molecule is Cc1cc2c(cc1C)NC(c1ccccc1)CC(N1CCN(C)CC1)=N2. The van der Waals surface area contributed by atoms with Crippen molar-refractivity contribution in [2.75, 3.05) is 38.5 Å². The monoisotopic (exact) mass is 348 g/mol. The summed E-state index contributed by atoms with van der Waals surface area (Å²) in [6.45, 7) is 8.64. The van der Waals surface area contributed by atoms with E-state index in [2.05, 4.69) is 78.5 Å². The van der Waals surface area contributed by atoms with Gasteiger partial charge in [0.15, 0.2) is 0 Å². The Bertz CT molecular complexity index is 804. The first-order valence-corrected chi connectivity index (χ1v) is 9.54. The molecule has 2 heterocycles. The third kappa shape index (κ3) is 3.47. The number of amidine groups is 1. The standard InChI is InChI=1S/C22H28N4/c1-16-13-20-21(14-17(16)2)24-22(26-11-9-25(3)10-12-26)15-19(23-20)18-7-5-4-6-8-18/h4-8,13-14,19,23H,9-12,15H2,1-3H3. The van der Waals surface area contributed by atoms with Crippen LogP contribution in [0.4, 0.5) is 11.4 Å². The lowest BCUT2D eigenvalue weighted by atomic mass is 10.0. The summed E-state index contributed by atoms with van der Waals surface area (Å²) in [7, 11) is 2.20. The van der Waals surface area contributed by atoms with Crippen LogP contribution in [-0.2, 0) is 0 Å². The van der Waals surface area contributed by atoms with Crippen LogP contribution in [0.3, 0.4) is 0 Å².